The van der Waals surface area contributed by atoms with Crippen molar-refractivity contribution >= 4 is 75.2 Å². The summed E-state index contributed by atoms with van der Waals surface area (Å²) in [5.74, 6) is -0.971. The molecule has 0 saturated carbocycles. The molecule has 0 aliphatic carbocycles. The molecule has 0 spiro atoms. The van der Waals surface area contributed by atoms with Crippen molar-refractivity contribution in [2.24, 2.45) is 26.1 Å². The maximum absolute atomic E-state index is 13.4. The van der Waals surface area contributed by atoms with E-state index >= 15 is 0 Å². The molecule has 2 aromatic carbocycles. The van der Waals surface area contributed by atoms with Gasteiger partial charge >= 0.3 is 0 Å². The van der Waals surface area contributed by atoms with Crippen LogP contribution in [0.1, 0.15) is 61.2 Å². The van der Waals surface area contributed by atoms with Gasteiger partial charge in [-0.05, 0) is 49.2 Å². The predicted molar refractivity (Wildman–Crippen MR) is 227 cm³/mol. The van der Waals surface area contributed by atoms with E-state index in [1.165, 1.54) is 28.6 Å². The molecule has 61 heavy (non-hydrogen) atoms. The fraction of sp³-hybridized carbons (Fsp3) is 0.238. The number of methoxy groups -OCH3 is 1. The first-order chi connectivity index (χ1) is 29.3. The summed E-state index contributed by atoms with van der Waals surface area (Å²) >= 11 is 0. The van der Waals surface area contributed by atoms with E-state index in [-0.39, 0.29) is 53.9 Å². The molecule has 1 atom stereocenters. The highest BCUT2D eigenvalue weighted by molar-refractivity contribution is 6.08. The standard InChI is InChI=1S/C42H42N12O7/c1-23-11-28-18-44-30-16-35(34(60-5)15-29(30)41(58)53(28)19-23)61-10-6-7-37(55)48-36-22-52(4)38(49-36)40(57)47-26-13-32(50(2)20-26)39(56)46-27-14-33(51(3)21-27)42(59)54-31-12-25(43)9-8-24(31)17-45-54/h8-9,12-18,20-22,28H,1,6-7,10-11,19,43H2,2-5H3,(H,46,56)(H,47,57)(H,48,55). The fourth-order valence-corrected chi connectivity index (χ4v) is 7.35. The average Bonchev–Trinajstić information content (AvgIpc) is 4.05. The van der Waals surface area contributed by atoms with Gasteiger partial charge in [0.15, 0.2) is 17.3 Å². The van der Waals surface area contributed by atoms with Crippen molar-refractivity contribution in [2.75, 3.05) is 41.9 Å². The summed E-state index contributed by atoms with van der Waals surface area (Å²) in [6, 6.07) is 11.4. The number of nitrogens with two attached hydrogens (primary N) is 1. The van der Waals surface area contributed by atoms with E-state index in [9.17, 15) is 24.0 Å². The number of aryl methyl sites for hydroxylation is 3. The normalized spacial score (nSPS) is 14.4. The molecule has 1 fully saturated rings. The third-order valence-corrected chi connectivity index (χ3v) is 10.4. The molecular formula is C42H42N12O7. The van der Waals surface area contributed by atoms with E-state index in [1.807, 2.05) is 0 Å². The number of imidazole rings is 1. The Bertz CT molecular complexity index is 2820. The second-order valence-electron chi connectivity index (χ2n) is 14.9. The fourth-order valence-electron chi connectivity index (χ4n) is 7.35. The van der Waals surface area contributed by atoms with E-state index in [0.29, 0.717) is 64.7 Å². The average molecular weight is 827 g/mol. The lowest BCUT2D eigenvalue weighted by atomic mass is 10.1. The number of carbonyl (C=O) groups excluding carboxylic acids is 5. The Hall–Kier alpha value is -7.96. The summed E-state index contributed by atoms with van der Waals surface area (Å²) in [5.41, 5.74) is 10.1. The minimum atomic E-state index is -0.570. The van der Waals surface area contributed by atoms with Crippen molar-refractivity contribution in [3.05, 3.63) is 102 Å². The minimum absolute atomic E-state index is 0.0180. The van der Waals surface area contributed by atoms with Crippen molar-refractivity contribution in [3.63, 3.8) is 0 Å². The Labute approximate surface area is 348 Å². The topological polar surface area (TPSA) is 227 Å². The van der Waals surface area contributed by atoms with Crippen molar-refractivity contribution in [1.29, 1.82) is 0 Å². The largest absolute Gasteiger partial charge is 0.493 e. The lowest BCUT2D eigenvalue weighted by Gasteiger charge is -2.20. The van der Waals surface area contributed by atoms with Gasteiger partial charge in [-0.1, -0.05) is 12.2 Å². The van der Waals surface area contributed by atoms with Gasteiger partial charge in [0.2, 0.25) is 11.7 Å². The van der Waals surface area contributed by atoms with E-state index in [4.69, 9.17) is 15.2 Å². The number of hydrogen-bond acceptors (Lipinski definition) is 11. The smallest absolute Gasteiger partial charge is 0.295 e. The van der Waals surface area contributed by atoms with Crippen molar-refractivity contribution in [1.82, 2.24) is 33.4 Å². The van der Waals surface area contributed by atoms with Gasteiger partial charge in [-0.25, -0.2) is 4.98 Å². The molecule has 6 heterocycles. The van der Waals surface area contributed by atoms with Crippen molar-refractivity contribution in [3.8, 4) is 11.5 Å². The SMILES string of the molecule is C=C1CC2C=Nc3cc(OCCCC(=O)Nc4cn(C)c(C(=O)Nc5cc(C(=O)Nc6cc(C(=O)n7ncc8ccc(N)cc87)n(C)c6)n(C)c5)n4)c(OC)cc3C(=O)N2C1. The van der Waals surface area contributed by atoms with Gasteiger partial charge in [-0.15, -0.1) is 0 Å². The van der Waals surface area contributed by atoms with Crippen LogP contribution >= 0.6 is 0 Å². The Balaban J connectivity index is 0.837. The zero-order valence-corrected chi connectivity index (χ0v) is 33.8. The summed E-state index contributed by atoms with van der Waals surface area (Å²) < 4.78 is 17.3. The Kier molecular flexibility index (Phi) is 10.5. The van der Waals surface area contributed by atoms with Crippen molar-refractivity contribution < 1.29 is 33.4 Å². The van der Waals surface area contributed by atoms with Crippen LogP contribution in [0, 0.1) is 0 Å². The molecule has 312 valence electrons. The highest BCUT2D eigenvalue weighted by Gasteiger charge is 2.34. The minimum Gasteiger partial charge on any atom is -0.493 e. The van der Waals surface area contributed by atoms with E-state index < -0.39 is 17.7 Å². The van der Waals surface area contributed by atoms with Gasteiger partial charge in [0.1, 0.15) is 11.4 Å². The van der Waals surface area contributed by atoms with Crippen LogP contribution in [0.15, 0.2) is 84.4 Å². The molecule has 4 aromatic heterocycles. The zero-order valence-electron chi connectivity index (χ0n) is 33.8. The monoisotopic (exact) mass is 826 g/mol. The van der Waals surface area contributed by atoms with Gasteiger partial charge in [-0.3, -0.25) is 29.0 Å². The van der Waals surface area contributed by atoms with Crippen LogP contribution in [-0.4, -0.2) is 95.4 Å². The first-order valence-electron chi connectivity index (χ1n) is 19.2. The van der Waals surface area contributed by atoms with Crippen LogP contribution in [-0.2, 0) is 25.9 Å². The second kappa shape index (κ2) is 16.0. The summed E-state index contributed by atoms with van der Waals surface area (Å²) in [7, 11) is 6.44. The van der Waals surface area contributed by atoms with Crippen molar-refractivity contribution in [2.45, 2.75) is 25.3 Å². The molecule has 5 N–H and O–H groups in total. The third-order valence-electron chi connectivity index (χ3n) is 10.4. The number of hydrogen-bond donors (Lipinski definition) is 4. The van der Waals surface area contributed by atoms with Gasteiger partial charge in [0, 0.05) is 76.1 Å². The van der Waals surface area contributed by atoms with Crippen LogP contribution < -0.4 is 31.2 Å². The van der Waals surface area contributed by atoms with E-state index in [1.54, 1.807) is 96.4 Å². The number of fused-ring (bicyclic) bond motifs is 3. The van der Waals surface area contributed by atoms with Gasteiger partial charge in [0.05, 0.1) is 54.1 Å². The highest BCUT2D eigenvalue weighted by Crippen LogP contribution is 2.38. The zero-order chi connectivity index (χ0) is 43.1. The molecule has 19 nitrogen and oxygen atoms in total. The molecule has 6 aromatic rings. The number of aliphatic imine (C=N–C) groups is 1. The molecular weight excluding hydrogens is 785 g/mol. The highest BCUT2D eigenvalue weighted by atomic mass is 16.5. The van der Waals surface area contributed by atoms with Gasteiger partial charge in [-0.2, -0.15) is 9.78 Å². The summed E-state index contributed by atoms with van der Waals surface area (Å²) in [6.07, 6.45) is 9.14. The maximum Gasteiger partial charge on any atom is 0.295 e. The molecule has 4 amide bonds. The third kappa shape index (κ3) is 7.95. The number of benzene rings is 2. The number of nitrogens with one attached hydrogen (secondary N) is 3. The summed E-state index contributed by atoms with van der Waals surface area (Å²) in [6.45, 7) is 4.67. The number of aromatic nitrogens is 6. The Morgan fingerprint density at radius 2 is 1.64 bits per heavy atom. The first kappa shape index (κ1) is 39.8. The molecule has 19 heteroatoms. The molecule has 0 bridgehead atoms. The number of carbonyl (C=O) groups is 5. The second-order valence-corrected chi connectivity index (χ2v) is 14.9. The summed E-state index contributed by atoms with van der Waals surface area (Å²) in [4.78, 5) is 76.7. The van der Waals surface area contributed by atoms with E-state index in [0.717, 1.165) is 11.0 Å². The number of amides is 4. The predicted octanol–water partition coefficient (Wildman–Crippen LogP) is 4.52. The maximum atomic E-state index is 13.4. The molecule has 1 saturated heterocycles. The first-order valence-corrected chi connectivity index (χ1v) is 19.2. The van der Waals surface area contributed by atoms with Crippen LogP contribution in [0.2, 0.25) is 0 Å². The number of ether oxygens (including phenoxy) is 2. The quantitative estimate of drug-likeness (QED) is 0.0767. The molecule has 2 aliphatic rings. The van der Waals surface area contributed by atoms with Crippen LogP contribution in [0.3, 0.4) is 0 Å². The van der Waals surface area contributed by atoms with Gasteiger partial charge < -0.3 is 49.8 Å². The Morgan fingerprint density at radius 3 is 2.41 bits per heavy atom. The van der Waals surface area contributed by atoms with Crippen LogP contribution in [0.25, 0.3) is 10.9 Å². The lowest BCUT2D eigenvalue weighted by Crippen LogP contribution is -2.35. The molecule has 2 aliphatic heterocycles. The number of rotatable bonds is 12. The van der Waals surface area contributed by atoms with Crippen LogP contribution in [0.4, 0.5) is 28.6 Å². The number of anilines is 4. The molecule has 0 radical (unpaired) electrons. The lowest BCUT2D eigenvalue weighted by molar-refractivity contribution is -0.116. The summed E-state index contributed by atoms with van der Waals surface area (Å²) in [5, 5.41) is 13.2. The van der Waals surface area contributed by atoms with Gasteiger partial charge in [0.25, 0.3) is 23.6 Å². The molecule has 8 rings (SSSR count). The number of nitrogen functional groups attached to an aromatic ring is 1. The van der Waals surface area contributed by atoms with Crippen LogP contribution in [0.5, 0.6) is 11.5 Å². The van der Waals surface area contributed by atoms with E-state index in [2.05, 4.69) is 37.6 Å². The Morgan fingerprint density at radius 1 is 0.902 bits per heavy atom. The number of nitrogens with zero attached hydrogens (tertiary/aromatic N) is 8. The molecule has 1 unspecified atom stereocenters.